The van der Waals surface area contributed by atoms with Gasteiger partial charge in [0.25, 0.3) is 0 Å². The van der Waals surface area contributed by atoms with Crippen LogP contribution < -0.4 is 15.0 Å². The Bertz CT molecular complexity index is 743. The third-order valence-corrected chi connectivity index (χ3v) is 4.65. The molecule has 1 fully saturated rings. The van der Waals surface area contributed by atoms with Crippen molar-refractivity contribution in [3.8, 4) is 11.8 Å². The molecule has 0 bridgehead atoms. The van der Waals surface area contributed by atoms with Crippen LogP contribution in [0.2, 0.25) is 0 Å². The Morgan fingerprint density at radius 1 is 1.08 bits per heavy atom. The standard InChI is InChI=1S/C20H24N4O/c1-23-9-11-24(12-10-23)19-6-3-16(14-21)17(13-19)15-22-18-4-7-20(25-2)8-5-18/h3-8,13,22H,9-12,15H2,1-2H3. The van der Waals surface area contributed by atoms with Crippen LogP contribution in [0.4, 0.5) is 11.4 Å². The van der Waals surface area contributed by atoms with Gasteiger partial charge in [-0.2, -0.15) is 5.26 Å². The van der Waals surface area contributed by atoms with Crippen LogP contribution in [0.3, 0.4) is 0 Å². The normalized spacial score (nSPS) is 14.8. The minimum atomic E-state index is 0.622. The minimum absolute atomic E-state index is 0.622. The van der Waals surface area contributed by atoms with Gasteiger partial charge < -0.3 is 19.9 Å². The molecule has 5 heteroatoms. The number of anilines is 2. The molecule has 1 aliphatic rings. The van der Waals surface area contributed by atoms with Crippen LogP contribution in [0.5, 0.6) is 5.75 Å². The summed E-state index contributed by atoms with van der Waals surface area (Å²) in [6, 6.07) is 16.2. The van der Waals surface area contributed by atoms with Gasteiger partial charge in [0.2, 0.25) is 0 Å². The Hall–Kier alpha value is -2.71. The summed E-state index contributed by atoms with van der Waals surface area (Å²) in [5.41, 5.74) is 3.95. The smallest absolute Gasteiger partial charge is 0.119 e. The van der Waals surface area contributed by atoms with E-state index in [2.05, 4.69) is 40.4 Å². The molecule has 0 atom stereocenters. The van der Waals surface area contributed by atoms with Crippen molar-refractivity contribution in [2.45, 2.75) is 6.54 Å². The Morgan fingerprint density at radius 2 is 1.80 bits per heavy atom. The molecule has 0 aromatic heterocycles. The highest BCUT2D eigenvalue weighted by atomic mass is 16.5. The fourth-order valence-corrected chi connectivity index (χ4v) is 3.00. The lowest BCUT2D eigenvalue weighted by atomic mass is 10.1. The molecule has 25 heavy (non-hydrogen) atoms. The van der Waals surface area contributed by atoms with Crippen LogP contribution in [0.15, 0.2) is 42.5 Å². The van der Waals surface area contributed by atoms with Gasteiger partial charge in [0.15, 0.2) is 0 Å². The second-order valence-electron chi connectivity index (χ2n) is 6.33. The molecule has 0 unspecified atom stereocenters. The zero-order valence-electron chi connectivity index (χ0n) is 14.8. The van der Waals surface area contributed by atoms with Crippen molar-refractivity contribution in [2.24, 2.45) is 0 Å². The Labute approximate surface area is 149 Å². The molecule has 0 radical (unpaired) electrons. The van der Waals surface area contributed by atoms with Crippen molar-refractivity contribution in [3.63, 3.8) is 0 Å². The van der Waals surface area contributed by atoms with Gasteiger partial charge in [0, 0.05) is 44.1 Å². The van der Waals surface area contributed by atoms with Gasteiger partial charge in [0.1, 0.15) is 5.75 Å². The molecular formula is C20H24N4O. The number of benzene rings is 2. The molecule has 2 aromatic rings. The first-order chi connectivity index (χ1) is 12.2. The molecule has 1 N–H and O–H groups in total. The second-order valence-corrected chi connectivity index (χ2v) is 6.33. The summed E-state index contributed by atoms with van der Waals surface area (Å²) in [7, 11) is 3.81. The quantitative estimate of drug-likeness (QED) is 0.910. The third-order valence-electron chi connectivity index (χ3n) is 4.65. The van der Waals surface area contributed by atoms with Crippen molar-refractivity contribution < 1.29 is 4.74 Å². The number of piperazine rings is 1. The van der Waals surface area contributed by atoms with E-state index in [4.69, 9.17) is 4.74 Å². The third kappa shape index (κ3) is 4.23. The number of methoxy groups -OCH3 is 1. The maximum Gasteiger partial charge on any atom is 0.119 e. The predicted molar refractivity (Wildman–Crippen MR) is 101 cm³/mol. The van der Waals surface area contributed by atoms with Crippen LogP contribution in [0, 0.1) is 11.3 Å². The lowest BCUT2D eigenvalue weighted by Gasteiger charge is -2.34. The minimum Gasteiger partial charge on any atom is -0.497 e. The van der Waals surface area contributed by atoms with E-state index in [1.165, 1.54) is 5.69 Å². The number of rotatable bonds is 5. The van der Waals surface area contributed by atoms with E-state index in [1.807, 2.05) is 30.3 Å². The summed E-state index contributed by atoms with van der Waals surface area (Å²) < 4.78 is 5.18. The summed E-state index contributed by atoms with van der Waals surface area (Å²) in [6.45, 7) is 4.80. The van der Waals surface area contributed by atoms with E-state index >= 15 is 0 Å². The summed E-state index contributed by atoms with van der Waals surface area (Å²) in [5, 5.41) is 12.8. The van der Waals surface area contributed by atoms with Gasteiger partial charge in [-0.05, 0) is 55.1 Å². The van der Waals surface area contributed by atoms with Gasteiger partial charge in [0.05, 0.1) is 18.7 Å². The van der Waals surface area contributed by atoms with Gasteiger partial charge in [-0.15, -0.1) is 0 Å². The van der Waals surface area contributed by atoms with Crippen LogP contribution >= 0.6 is 0 Å². The maximum atomic E-state index is 9.41. The van der Waals surface area contributed by atoms with E-state index < -0.39 is 0 Å². The molecule has 2 aromatic carbocycles. The summed E-state index contributed by atoms with van der Waals surface area (Å²) in [5.74, 6) is 0.834. The van der Waals surface area contributed by atoms with Gasteiger partial charge in [-0.1, -0.05) is 0 Å². The highest BCUT2D eigenvalue weighted by Gasteiger charge is 2.15. The zero-order chi connectivity index (χ0) is 17.6. The zero-order valence-corrected chi connectivity index (χ0v) is 14.8. The largest absolute Gasteiger partial charge is 0.497 e. The summed E-state index contributed by atoms with van der Waals surface area (Å²) >= 11 is 0. The lowest BCUT2D eigenvalue weighted by molar-refractivity contribution is 0.313. The summed E-state index contributed by atoms with van der Waals surface area (Å²) in [6.07, 6.45) is 0. The fourth-order valence-electron chi connectivity index (χ4n) is 3.00. The predicted octanol–water partition coefficient (Wildman–Crippen LogP) is 2.93. The van der Waals surface area contributed by atoms with Gasteiger partial charge in [-0.25, -0.2) is 0 Å². The molecule has 3 rings (SSSR count). The number of likely N-dealkylation sites (N-methyl/N-ethyl adjacent to an activating group) is 1. The molecule has 1 saturated heterocycles. The fraction of sp³-hybridized carbons (Fsp3) is 0.350. The van der Waals surface area contributed by atoms with Crippen molar-refractivity contribution in [2.75, 3.05) is 50.6 Å². The number of ether oxygens (including phenoxy) is 1. The first kappa shape index (κ1) is 17.1. The Morgan fingerprint density at radius 3 is 2.44 bits per heavy atom. The van der Waals surface area contributed by atoms with Gasteiger partial charge >= 0.3 is 0 Å². The highest BCUT2D eigenvalue weighted by molar-refractivity contribution is 5.56. The van der Waals surface area contributed by atoms with E-state index in [-0.39, 0.29) is 0 Å². The molecule has 130 valence electrons. The first-order valence-corrected chi connectivity index (χ1v) is 8.54. The summed E-state index contributed by atoms with van der Waals surface area (Å²) in [4.78, 5) is 4.73. The van der Waals surface area contributed by atoms with Crippen molar-refractivity contribution in [3.05, 3.63) is 53.6 Å². The molecule has 0 amide bonds. The van der Waals surface area contributed by atoms with Crippen LogP contribution in [-0.2, 0) is 6.54 Å². The van der Waals surface area contributed by atoms with Crippen LogP contribution in [0.25, 0.3) is 0 Å². The van der Waals surface area contributed by atoms with E-state index in [0.29, 0.717) is 6.54 Å². The topological polar surface area (TPSA) is 51.5 Å². The number of nitrogens with zero attached hydrogens (tertiary/aromatic N) is 3. The average Bonchev–Trinajstić information content (AvgIpc) is 2.67. The number of nitrogens with one attached hydrogen (secondary N) is 1. The lowest BCUT2D eigenvalue weighted by Crippen LogP contribution is -2.44. The molecular weight excluding hydrogens is 312 g/mol. The van der Waals surface area contributed by atoms with Gasteiger partial charge in [-0.3, -0.25) is 0 Å². The first-order valence-electron chi connectivity index (χ1n) is 8.54. The monoisotopic (exact) mass is 336 g/mol. The molecule has 0 spiro atoms. The second kappa shape index (κ2) is 7.91. The van der Waals surface area contributed by atoms with Crippen molar-refractivity contribution in [1.82, 2.24) is 4.90 Å². The molecule has 1 aliphatic heterocycles. The molecule has 1 heterocycles. The average molecular weight is 336 g/mol. The van der Waals surface area contributed by atoms with Crippen molar-refractivity contribution >= 4 is 11.4 Å². The van der Waals surface area contributed by atoms with E-state index in [9.17, 15) is 5.26 Å². The Balaban J connectivity index is 1.72. The number of nitriles is 1. The molecule has 0 aliphatic carbocycles. The van der Waals surface area contributed by atoms with E-state index in [1.54, 1.807) is 7.11 Å². The van der Waals surface area contributed by atoms with Crippen LogP contribution in [-0.4, -0.2) is 45.2 Å². The highest BCUT2D eigenvalue weighted by Crippen LogP contribution is 2.22. The van der Waals surface area contributed by atoms with Crippen molar-refractivity contribution in [1.29, 1.82) is 5.26 Å². The Kier molecular flexibility index (Phi) is 5.42. The number of hydrogen-bond acceptors (Lipinski definition) is 5. The SMILES string of the molecule is COc1ccc(NCc2cc(N3CCN(C)CC3)ccc2C#N)cc1. The van der Waals surface area contributed by atoms with E-state index in [0.717, 1.165) is 48.7 Å². The number of hydrogen-bond donors (Lipinski definition) is 1. The molecule has 5 nitrogen and oxygen atoms in total. The van der Waals surface area contributed by atoms with Crippen LogP contribution in [0.1, 0.15) is 11.1 Å². The maximum absolute atomic E-state index is 9.41. The molecule has 0 saturated carbocycles.